The van der Waals surface area contributed by atoms with Gasteiger partial charge in [0.25, 0.3) is 0 Å². The largest absolute Gasteiger partial charge is 0.312 e. The van der Waals surface area contributed by atoms with Gasteiger partial charge < -0.3 is 5.32 Å². The first-order valence-electron chi connectivity index (χ1n) is 5.96. The van der Waals surface area contributed by atoms with Crippen molar-refractivity contribution in [3.05, 3.63) is 35.9 Å². The quantitative estimate of drug-likeness (QED) is 0.814. The van der Waals surface area contributed by atoms with Crippen molar-refractivity contribution in [1.29, 1.82) is 0 Å². The van der Waals surface area contributed by atoms with E-state index in [4.69, 9.17) is 0 Å². The van der Waals surface area contributed by atoms with Crippen LogP contribution in [0.15, 0.2) is 30.3 Å². The van der Waals surface area contributed by atoms with E-state index in [0.29, 0.717) is 13.0 Å². The van der Waals surface area contributed by atoms with Crippen molar-refractivity contribution in [1.82, 2.24) is 10.2 Å². The van der Waals surface area contributed by atoms with Gasteiger partial charge in [0.1, 0.15) is 5.67 Å². The Labute approximate surface area is 95.4 Å². The van der Waals surface area contributed by atoms with Crippen LogP contribution in [0.4, 0.5) is 4.39 Å². The molecule has 2 aliphatic heterocycles. The van der Waals surface area contributed by atoms with Crippen LogP contribution in [0.1, 0.15) is 12.0 Å². The van der Waals surface area contributed by atoms with Gasteiger partial charge in [-0.25, -0.2) is 4.39 Å². The van der Waals surface area contributed by atoms with Crippen LogP contribution in [0.5, 0.6) is 0 Å². The Balaban J connectivity index is 1.73. The Bertz CT molecular complexity index is 367. The molecule has 2 fully saturated rings. The maximum Gasteiger partial charge on any atom is 0.141 e. The van der Waals surface area contributed by atoms with Gasteiger partial charge in [0.15, 0.2) is 0 Å². The third kappa shape index (κ3) is 1.64. The van der Waals surface area contributed by atoms with E-state index in [-0.39, 0.29) is 6.04 Å². The molecule has 2 saturated heterocycles. The van der Waals surface area contributed by atoms with Crippen molar-refractivity contribution in [2.45, 2.75) is 24.7 Å². The number of halogens is 1. The van der Waals surface area contributed by atoms with Gasteiger partial charge in [-0.3, -0.25) is 4.90 Å². The minimum absolute atomic E-state index is 0.0766. The molecule has 2 atom stereocenters. The number of alkyl halides is 1. The highest BCUT2D eigenvalue weighted by molar-refractivity contribution is 5.16. The van der Waals surface area contributed by atoms with Crippen molar-refractivity contribution in [3.8, 4) is 0 Å². The lowest BCUT2D eigenvalue weighted by atomic mass is 10.0. The fourth-order valence-corrected chi connectivity index (χ4v) is 2.92. The lowest BCUT2D eigenvalue weighted by Gasteiger charge is -2.25. The molecule has 0 amide bonds. The summed E-state index contributed by atoms with van der Waals surface area (Å²) in [6.45, 7) is 3.09. The average Bonchev–Trinajstić information content (AvgIpc) is 2.80. The van der Waals surface area contributed by atoms with E-state index in [2.05, 4.69) is 22.3 Å². The summed E-state index contributed by atoms with van der Waals surface area (Å²) < 4.78 is 14.3. The molecule has 2 unspecified atom stereocenters. The van der Waals surface area contributed by atoms with E-state index in [1.165, 1.54) is 5.56 Å². The number of hydrogen-bond acceptors (Lipinski definition) is 2. The number of rotatable bonds is 2. The normalized spacial score (nSPS) is 34.2. The van der Waals surface area contributed by atoms with Crippen molar-refractivity contribution >= 4 is 0 Å². The molecule has 0 bridgehead atoms. The van der Waals surface area contributed by atoms with Gasteiger partial charge >= 0.3 is 0 Å². The number of nitrogens with one attached hydrogen (secondary N) is 1. The number of fused-ring (bicyclic) bond motifs is 1. The van der Waals surface area contributed by atoms with E-state index in [9.17, 15) is 4.39 Å². The second kappa shape index (κ2) is 3.82. The highest BCUT2D eigenvalue weighted by atomic mass is 19.1. The van der Waals surface area contributed by atoms with E-state index in [0.717, 1.165) is 19.6 Å². The third-order valence-corrected chi connectivity index (χ3v) is 3.84. The topological polar surface area (TPSA) is 15.3 Å². The van der Waals surface area contributed by atoms with E-state index in [1.807, 2.05) is 18.2 Å². The van der Waals surface area contributed by atoms with Crippen molar-refractivity contribution in [2.75, 3.05) is 19.6 Å². The zero-order valence-corrected chi connectivity index (χ0v) is 9.32. The molecule has 3 rings (SSSR count). The van der Waals surface area contributed by atoms with Crippen LogP contribution >= 0.6 is 0 Å². The summed E-state index contributed by atoms with van der Waals surface area (Å²) in [5.41, 5.74) is 0.299. The smallest absolute Gasteiger partial charge is 0.141 e. The molecule has 0 spiro atoms. The minimum Gasteiger partial charge on any atom is -0.312 e. The van der Waals surface area contributed by atoms with E-state index < -0.39 is 5.67 Å². The molecule has 2 nitrogen and oxygen atoms in total. The molecule has 0 saturated carbocycles. The first kappa shape index (κ1) is 10.2. The molecule has 1 aromatic carbocycles. The lowest BCUT2D eigenvalue weighted by molar-refractivity contribution is 0.137. The standard InChI is InChI=1S/C13H17FN2/c14-13-6-7-16(12(13)8-15-10-13)9-11-4-2-1-3-5-11/h1-5,12,15H,6-10H2. The molecule has 0 aliphatic carbocycles. The summed E-state index contributed by atoms with van der Waals surface area (Å²) in [5.74, 6) is 0. The number of hydrogen-bond donors (Lipinski definition) is 1. The monoisotopic (exact) mass is 220 g/mol. The Hall–Kier alpha value is -0.930. The highest BCUT2D eigenvalue weighted by Crippen LogP contribution is 2.35. The van der Waals surface area contributed by atoms with Crippen LogP contribution in [0.3, 0.4) is 0 Å². The summed E-state index contributed by atoms with van der Waals surface area (Å²) in [7, 11) is 0. The third-order valence-electron chi connectivity index (χ3n) is 3.84. The van der Waals surface area contributed by atoms with E-state index >= 15 is 0 Å². The molecule has 16 heavy (non-hydrogen) atoms. The molecule has 1 aromatic rings. The average molecular weight is 220 g/mol. The summed E-state index contributed by atoms with van der Waals surface area (Å²) in [6.07, 6.45) is 0.678. The van der Waals surface area contributed by atoms with Crippen molar-refractivity contribution in [2.24, 2.45) is 0 Å². The van der Waals surface area contributed by atoms with Crippen LogP contribution in [-0.2, 0) is 6.54 Å². The summed E-state index contributed by atoms with van der Waals surface area (Å²) in [4.78, 5) is 2.27. The molecule has 2 heterocycles. The van der Waals surface area contributed by atoms with E-state index in [1.54, 1.807) is 0 Å². The second-order valence-electron chi connectivity index (χ2n) is 4.89. The lowest BCUT2D eigenvalue weighted by Crippen LogP contribution is -2.40. The summed E-state index contributed by atoms with van der Waals surface area (Å²) in [5, 5.41) is 3.16. The van der Waals surface area contributed by atoms with Gasteiger partial charge in [-0.1, -0.05) is 30.3 Å². The van der Waals surface area contributed by atoms with Gasteiger partial charge in [-0.05, 0) is 12.0 Å². The molecule has 0 radical (unpaired) electrons. The Morgan fingerprint density at radius 2 is 2.19 bits per heavy atom. The predicted octanol–water partition coefficient (Wildman–Crippen LogP) is 1.57. The molecule has 1 N–H and O–H groups in total. The van der Waals surface area contributed by atoms with Crippen molar-refractivity contribution in [3.63, 3.8) is 0 Å². The molecule has 2 aliphatic rings. The maximum absolute atomic E-state index is 14.3. The fraction of sp³-hybridized carbons (Fsp3) is 0.538. The minimum atomic E-state index is -0.977. The van der Waals surface area contributed by atoms with Crippen LogP contribution in [-0.4, -0.2) is 36.2 Å². The number of benzene rings is 1. The molecular weight excluding hydrogens is 203 g/mol. The number of nitrogens with zero attached hydrogens (tertiary/aromatic N) is 1. The first-order valence-corrected chi connectivity index (χ1v) is 5.96. The number of likely N-dealkylation sites (tertiary alicyclic amines) is 1. The van der Waals surface area contributed by atoms with Gasteiger partial charge in [0.05, 0.1) is 6.04 Å². The Morgan fingerprint density at radius 1 is 1.38 bits per heavy atom. The fourth-order valence-electron chi connectivity index (χ4n) is 2.92. The van der Waals surface area contributed by atoms with Crippen LogP contribution < -0.4 is 5.32 Å². The maximum atomic E-state index is 14.3. The highest BCUT2D eigenvalue weighted by Gasteiger charge is 2.50. The van der Waals surface area contributed by atoms with Crippen LogP contribution in [0.2, 0.25) is 0 Å². The molecule has 3 heteroatoms. The SMILES string of the molecule is FC12CCN(Cc3ccccc3)C1CNC2. The first-order chi connectivity index (χ1) is 7.78. The molecular formula is C13H17FN2. The molecule has 86 valence electrons. The molecule has 0 aromatic heterocycles. The summed E-state index contributed by atoms with van der Waals surface area (Å²) >= 11 is 0. The Morgan fingerprint density at radius 3 is 3.00 bits per heavy atom. The van der Waals surface area contributed by atoms with Gasteiger partial charge in [0, 0.05) is 26.2 Å². The zero-order chi connectivity index (χ0) is 11.0. The van der Waals surface area contributed by atoms with Gasteiger partial charge in [-0.15, -0.1) is 0 Å². The summed E-state index contributed by atoms with van der Waals surface area (Å²) in [6, 6.07) is 10.4. The van der Waals surface area contributed by atoms with Gasteiger partial charge in [0.2, 0.25) is 0 Å². The van der Waals surface area contributed by atoms with Crippen molar-refractivity contribution < 1.29 is 4.39 Å². The van der Waals surface area contributed by atoms with Crippen LogP contribution in [0.25, 0.3) is 0 Å². The van der Waals surface area contributed by atoms with Gasteiger partial charge in [-0.2, -0.15) is 0 Å². The zero-order valence-electron chi connectivity index (χ0n) is 9.32. The second-order valence-corrected chi connectivity index (χ2v) is 4.89. The predicted molar refractivity (Wildman–Crippen MR) is 62.0 cm³/mol. The van der Waals surface area contributed by atoms with Crippen LogP contribution in [0, 0.1) is 0 Å². The Kier molecular flexibility index (Phi) is 2.45.